The van der Waals surface area contributed by atoms with Crippen LogP contribution in [0.25, 0.3) is 27.1 Å². The van der Waals surface area contributed by atoms with Gasteiger partial charge in [0.05, 0.1) is 11.6 Å². The van der Waals surface area contributed by atoms with E-state index in [1.807, 2.05) is 46.9 Å². The van der Waals surface area contributed by atoms with Crippen LogP contribution >= 0.6 is 11.3 Å². The first-order valence-electron chi connectivity index (χ1n) is 11.8. The number of aliphatic carboxylic acids is 1. The third-order valence-corrected chi connectivity index (χ3v) is 7.96. The zero-order valence-electron chi connectivity index (χ0n) is 21.0. The van der Waals surface area contributed by atoms with Gasteiger partial charge in [0.15, 0.2) is 5.65 Å². The number of carboxylic acid groups (broad SMARTS) is 1. The topological polar surface area (TPSA) is 98.7 Å². The summed E-state index contributed by atoms with van der Waals surface area (Å²) in [5, 5.41) is 14.9. The van der Waals surface area contributed by atoms with E-state index in [9.17, 15) is 14.7 Å². The zero-order chi connectivity index (χ0) is 25.4. The van der Waals surface area contributed by atoms with Crippen molar-refractivity contribution >= 4 is 39.3 Å². The van der Waals surface area contributed by atoms with Gasteiger partial charge in [0.2, 0.25) is 0 Å². The van der Waals surface area contributed by atoms with E-state index in [0.29, 0.717) is 6.42 Å². The molecule has 0 radical (unpaired) electrons. The van der Waals surface area contributed by atoms with Gasteiger partial charge in [-0.15, -0.1) is 11.3 Å². The summed E-state index contributed by atoms with van der Waals surface area (Å²) < 4.78 is 9.29. The lowest BCUT2D eigenvalue weighted by molar-refractivity contribution is -0.138. The molecule has 4 aromatic heterocycles. The van der Waals surface area contributed by atoms with E-state index in [1.165, 1.54) is 17.7 Å². The van der Waals surface area contributed by atoms with E-state index in [0.717, 1.165) is 48.7 Å². The summed E-state index contributed by atoms with van der Waals surface area (Å²) in [7, 11) is 0. The number of thiophene rings is 1. The first kappa shape index (κ1) is 23.5. The number of ether oxygens (including phenoxy) is 1. The molecule has 0 bridgehead atoms. The van der Waals surface area contributed by atoms with Crippen LogP contribution in [0.1, 0.15) is 74.4 Å². The number of carbonyl (C=O) groups excluding carboxylic acids is 1. The third kappa shape index (κ3) is 3.82. The number of nitrogens with zero attached hydrogens (tertiary/aromatic N) is 4. The van der Waals surface area contributed by atoms with E-state index in [4.69, 9.17) is 4.74 Å². The molecule has 0 saturated heterocycles. The molecule has 9 heteroatoms. The fourth-order valence-corrected chi connectivity index (χ4v) is 6.49. The molecule has 5 rings (SSSR count). The number of rotatable bonds is 4. The molecule has 1 fully saturated rings. The van der Waals surface area contributed by atoms with Gasteiger partial charge in [-0.2, -0.15) is 5.10 Å². The molecule has 35 heavy (non-hydrogen) atoms. The second-order valence-electron chi connectivity index (χ2n) is 10.7. The van der Waals surface area contributed by atoms with Crippen molar-refractivity contribution < 1.29 is 19.4 Å². The third-order valence-electron chi connectivity index (χ3n) is 6.55. The maximum atomic E-state index is 13.7. The van der Waals surface area contributed by atoms with Gasteiger partial charge in [0.1, 0.15) is 16.8 Å². The number of hydrogen-bond acceptors (Lipinski definition) is 6. The molecule has 0 amide bonds. The van der Waals surface area contributed by atoms with Crippen LogP contribution in [0.2, 0.25) is 0 Å². The SMILES string of the molecule is Cc1c(C2CC2C(=O)O)sc2c1c(C(C)C)c(-c1cc(C)c3ncnn3c1)n2C(=O)OC(C)(C)C. The molecule has 0 aliphatic heterocycles. The van der Waals surface area contributed by atoms with Gasteiger partial charge in [-0.25, -0.2) is 18.9 Å². The standard InChI is InChI=1S/C26H30N4O4S/c1-12(2)18-19-14(4)21(16-9-17(16)24(31)32)35-23(19)30(25(33)34-26(5,6)7)20(18)15-8-13(3)22-27-11-28-29(22)10-15/h8,10-12,16-17H,9H2,1-7H3,(H,31,32). The van der Waals surface area contributed by atoms with Crippen LogP contribution in [-0.4, -0.2) is 41.9 Å². The van der Waals surface area contributed by atoms with E-state index in [2.05, 4.69) is 23.9 Å². The second kappa shape index (κ2) is 7.91. The second-order valence-corrected chi connectivity index (χ2v) is 11.8. The average Bonchev–Trinajstić information content (AvgIpc) is 3.09. The van der Waals surface area contributed by atoms with Crippen molar-refractivity contribution in [2.75, 3.05) is 0 Å². The monoisotopic (exact) mass is 494 g/mol. The zero-order valence-corrected chi connectivity index (χ0v) is 21.9. The highest BCUT2D eigenvalue weighted by molar-refractivity contribution is 7.19. The smallest absolute Gasteiger partial charge is 0.420 e. The highest BCUT2D eigenvalue weighted by atomic mass is 32.1. The lowest BCUT2D eigenvalue weighted by atomic mass is 9.95. The molecule has 2 atom stereocenters. The maximum absolute atomic E-state index is 13.7. The number of aryl methyl sites for hydroxylation is 2. The molecule has 1 saturated carbocycles. The minimum Gasteiger partial charge on any atom is -0.481 e. The lowest BCUT2D eigenvalue weighted by Gasteiger charge is -2.21. The van der Waals surface area contributed by atoms with Crippen molar-refractivity contribution in [1.29, 1.82) is 0 Å². The Morgan fingerprint density at radius 2 is 1.97 bits per heavy atom. The van der Waals surface area contributed by atoms with Crippen molar-refractivity contribution in [3.63, 3.8) is 0 Å². The quantitative estimate of drug-likeness (QED) is 0.367. The van der Waals surface area contributed by atoms with Gasteiger partial charge in [0, 0.05) is 27.9 Å². The van der Waals surface area contributed by atoms with Gasteiger partial charge in [-0.05, 0) is 69.7 Å². The molecule has 1 aliphatic carbocycles. The Balaban J connectivity index is 1.82. The Bertz CT molecular complexity index is 1500. The first-order chi connectivity index (χ1) is 16.4. The van der Waals surface area contributed by atoms with Crippen molar-refractivity contribution in [2.24, 2.45) is 5.92 Å². The Hall–Kier alpha value is -3.20. The Morgan fingerprint density at radius 3 is 2.57 bits per heavy atom. The van der Waals surface area contributed by atoms with Crippen LogP contribution in [-0.2, 0) is 9.53 Å². The highest BCUT2D eigenvalue weighted by Gasteiger charge is 2.47. The summed E-state index contributed by atoms with van der Waals surface area (Å²) in [6.07, 6.45) is 3.61. The molecular formula is C26H30N4O4S. The predicted octanol–water partition coefficient (Wildman–Crippen LogP) is 6.12. The van der Waals surface area contributed by atoms with E-state index >= 15 is 0 Å². The first-order valence-corrected chi connectivity index (χ1v) is 12.6. The van der Waals surface area contributed by atoms with Gasteiger partial charge in [0.25, 0.3) is 0 Å². The summed E-state index contributed by atoms with van der Waals surface area (Å²) in [5.74, 6) is -1.01. The number of aromatic nitrogens is 4. The molecule has 4 heterocycles. The van der Waals surface area contributed by atoms with Crippen molar-refractivity contribution in [3.8, 4) is 11.3 Å². The summed E-state index contributed by atoms with van der Waals surface area (Å²) in [6.45, 7) is 13.8. The number of fused-ring (bicyclic) bond motifs is 2. The van der Waals surface area contributed by atoms with Crippen LogP contribution in [0.5, 0.6) is 0 Å². The van der Waals surface area contributed by atoms with Crippen molar-refractivity contribution in [2.45, 2.75) is 72.3 Å². The summed E-state index contributed by atoms with van der Waals surface area (Å²) >= 11 is 1.52. The maximum Gasteiger partial charge on any atom is 0.420 e. The molecule has 0 spiro atoms. The van der Waals surface area contributed by atoms with Crippen LogP contribution in [0.3, 0.4) is 0 Å². The lowest BCUT2D eigenvalue weighted by Crippen LogP contribution is -2.27. The Kier molecular flexibility index (Phi) is 5.32. The van der Waals surface area contributed by atoms with Crippen LogP contribution < -0.4 is 0 Å². The molecular weight excluding hydrogens is 464 g/mol. The van der Waals surface area contributed by atoms with Gasteiger partial charge < -0.3 is 9.84 Å². The normalized spacial score (nSPS) is 18.1. The Morgan fingerprint density at radius 1 is 1.26 bits per heavy atom. The summed E-state index contributed by atoms with van der Waals surface area (Å²) in [4.78, 5) is 31.5. The van der Waals surface area contributed by atoms with E-state index < -0.39 is 17.7 Å². The van der Waals surface area contributed by atoms with Crippen molar-refractivity contribution in [1.82, 2.24) is 19.2 Å². The number of carboxylic acids is 1. The molecule has 4 aromatic rings. The van der Waals surface area contributed by atoms with Crippen LogP contribution in [0.4, 0.5) is 4.79 Å². The molecule has 0 aromatic carbocycles. The predicted molar refractivity (Wildman–Crippen MR) is 135 cm³/mol. The van der Waals surface area contributed by atoms with Crippen molar-refractivity contribution in [3.05, 3.63) is 40.2 Å². The molecule has 2 unspecified atom stereocenters. The fourth-order valence-electron chi connectivity index (χ4n) is 4.99. The van der Waals surface area contributed by atoms with Gasteiger partial charge in [-0.3, -0.25) is 4.79 Å². The summed E-state index contributed by atoms with van der Waals surface area (Å²) in [5.41, 5.74) is 4.81. The molecule has 1 N–H and O–H groups in total. The average molecular weight is 495 g/mol. The fraction of sp³-hybridized carbons (Fsp3) is 0.462. The number of hydrogen-bond donors (Lipinski definition) is 1. The minimum absolute atomic E-state index is 0.00538. The van der Waals surface area contributed by atoms with Gasteiger partial charge in [-0.1, -0.05) is 13.8 Å². The van der Waals surface area contributed by atoms with E-state index in [1.54, 1.807) is 9.08 Å². The minimum atomic E-state index is -0.760. The van der Waals surface area contributed by atoms with E-state index in [-0.39, 0.29) is 17.8 Å². The molecule has 1 aliphatic rings. The number of carbonyl (C=O) groups is 2. The summed E-state index contributed by atoms with van der Waals surface area (Å²) in [6, 6.07) is 2.03. The number of pyridine rings is 1. The Labute approximate surface area is 207 Å². The largest absolute Gasteiger partial charge is 0.481 e. The van der Waals surface area contributed by atoms with Crippen LogP contribution in [0.15, 0.2) is 18.6 Å². The van der Waals surface area contributed by atoms with Crippen LogP contribution in [0, 0.1) is 19.8 Å². The highest BCUT2D eigenvalue weighted by Crippen LogP contribution is 2.55. The molecule has 184 valence electrons. The van der Waals surface area contributed by atoms with Gasteiger partial charge >= 0.3 is 12.1 Å². The molecule has 8 nitrogen and oxygen atoms in total.